The summed E-state index contributed by atoms with van der Waals surface area (Å²) in [7, 11) is 0. The number of para-hydroxylation sites is 1. The zero-order valence-corrected chi connectivity index (χ0v) is 15.9. The molecule has 0 aliphatic carbocycles. The fourth-order valence-electron chi connectivity index (χ4n) is 3.11. The van der Waals surface area contributed by atoms with Gasteiger partial charge in [-0.3, -0.25) is 0 Å². The minimum absolute atomic E-state index is 0.0227. The second-order valence-electron chi connectivity index (χ2n) is 6.60. The number of rotatable bonds is 7. The van der Waals surface area contributed by atoms with Gasteiger partial charge in [-0.1, -0.05) is 54.1 Å². The van der Waals surface area contributed by atoms with Crippen molar-refractivity contribution in [2.45, 2.75) is 31.4 Å². The highest BCUT2D eigenvalue weighted by atomic mass is 35.5. The molecule has 28 heavy (non-hydrogen) atoms. The zero-order chi connectivity index (χ0) is 20.0. The lowest BCUT2D eigenvalue weighted by Crippen LogP contribution is -2.21. The molecule has 3 rings (SSSR count). The van der Waals surface area contributed by atoms with E-state index in [1.54, 1.807) is 0 Å². The average molecular weight is 405 g/mol. The van der Waals surface area contributed by atoms with Crippen LogP contribution in [0.25, 0.3) is 0 Å². The van der Waals surface area contributed by atoms with E-state index in [9.17, 15) is 13.2 Å². The van der Waals surface area contributed by atoms with Crippen molar-refractivity contribution in [3.63, 3.8) is 0 Å². The summed E-state index contributed by atoms with van der Waals surface area (Å²) in [5.41, 5.74) is 1.20. The summed E-state index contributed by atoms with van der Waals surface area (Å²) in [6, 6.07) is 22.8. The molecule has 0 N–H and O–H groups in total. The van der Waals surface area contributed by atoms with Gasteiger partial charge in [-0.25, -0.2) is 0 Å². The third kappa shape index (κ3) is 5.77. The van der Waals surface area contributed by atoms with Crippen LogP contribution in [-0.4, -0.2) is 6.18 Å². The number of alkyl halides is 3. The van der Waals surface area contributed by atoms with Gasteiger partial charge >= 0.3 is 6.18 Å². The predicted octanol–water partition coefficient (Wildman–Crippen LogP) is 7.80. The number of hydrogen-bond donors (Lipinski definition) is 0. The SMILES string of the molecule is FC(F)(F)C(CCCc1cccc(Oc2ccccc2)c1)c1ccc(Cl)cc1. The highest BCUT2D eigenvalue weighted by molar-refractivity contribution is 6.30. The summed E-state index contributed by atoms with van der Waals surface area (Å²) in [5.74, 6) is -0.0955. The van der Waals surface area contributed by atoms with Gasteiger partial charge in [-0.05, 0) is 66.8 Å². The Balaban J connectivity index is 1.62. The molecular weight excluding hydrogens is 385 g/mol. The first kappa shape index (κ1) is 20.3. The van der Waals surface area contributed by atoms with Crippen LogP contribution < -0.4 is 4.74 Å². The summed E-state index contributed by atoms with van der Waals surface area (Å²) < 4.78 is 46.2. The van der Waals surface area contributed by atoms with Crippen LogP contribution in [-0.2, 0) is 6.42 Å². The molecule has 0 aliphatic heterocycles. The van der Waals surface area contributed by atoms with Crippen LogP contribution in [0.15, 0.2) is 78.9 Å². The summed E-state index contributed by atoms with van der Waals surface area (Å²) >= 11 is 5.79. The van der Waals surface area contributed by atoms with Crippen molar-refractivity contribution >= 4 is 11.6 Å². The molecule has 5 heteroatoms. The summed E-state index contributed by atoms with van der Waals surface area (Å²) in [6.07, 6.45) is -3.30. The van der Waals surface area contributed by atoms with Crippen LogP contribution in [0.1, 0.15) is 29.9 Å². The van der Waals surface area contributed by atoms with Crippen molar-refractivity contribution in [1.29, 1.82) is 0 Å². The molecule has 0 heterocycles. The quantitative estimate of drug-likeness (QED) is 0.390. The standard InChI is InChI=1S/C23H20ClF3O/c24-19-14-12-18(13-15-19)22(23(25,26)27)11-5-7-17-6-4-10-21(16-17)28-20-8-2-1-3-9-20/h1-4,6,8-10,12-16,22H,5,7,11H2. The van der Waals surface area contributed by atoms with Crippen molar-refractivity contribution < 1.29 is 17.9 Å². The predicted molar refractivity (Wildman–Crippen MR) is 106 cm³/mol. The maximum absolute atomic E-state index is 13.5. The third-order valence-electron chi connectivity index (χ3n) is 4.50. The average Bonchev–Trinajstić information content (AvgIpc) is 2.66. The monoisotopic (exact) mass is 404 g/mol. The van der Waals surface area contributed by atoms with E-state index in [0.717, 1.165) is 11.3 Å². The van der Waals surface area contributed by atoms with Gasteiger partial charge < -0.3 is 4.74 Å². The van der Waals surface area contributed by atoms with E-state index in [-0.39, 0.29) is 12.0 Å². The molecule has 0 aromatic heterocycles. The van der Waals surface area contributed by atoms with Gasteiger partial charge in [0.25, 0.3) is 0 Å². The number of hydrogen-bond acceptors (Lipinski definition) is 1. The van der Waals surface area contributed by atoms with E-state index in [1.165, 1.54) is 24.3 Å². The first-order valence-electron chi connectivity index (χ1n) is 9.06. The van der Waals surface area contributed by atoms with Gasteiger partial charge in [0.2, 0.25) is 0 Å². The molecule has 1 atom stereocenters. The summed E-state index contributed by atoms with van der Waals surface area (Å²) in [6.45, 7) is 0. The fourth-order valence-corrected chi connectivity index (χ4v) is 3.24. The van der Waals surface area contributed by atoms with Crippen molar-refractivity contribution in [3.05, 3.63) is 95.0 Å². The molecule has 146 valence electrons. The third-order valence-corrected chi connectivity index (χ3v) is 4.76. The summed E-state index contributed by atoms with van der Waals surface area (Å²) in [4.78, 5) is 0. The smallest absolute Gasteiger partial charge is 0.395 e. The van der Waals surface area contributed by atoms with Gasteiger partial charge in [0.05, 0.1) is 5.92 Å². The molecule has 0 fully saturated rings. The molecule has 1 nitrogen and oxygen atoms in total. The highest BCUT2D eigenvalue weighted by Gasteiger charge is 2.39. The largest absolute Gasteiger partial charge is 0.457 e. The number of aryl methyl sites for hydroxylation is 1. The Hall–Kier alpha value is -2.46. The topological polar surface area (TPSA) is 9.23 Å². The number of benzene rings is 3. The van der Waals surface area contributed by atoms with Gasteiger partial charge in [0.1, 0.15) is 11.5 Å². The zero-order valence-electron chi connectivity index (χ0n) is 15.1. The molecule has 1 unspecified atom stereocenters. The van der Waals surface area contributed by atoms with Crippen molar-refractivity contribution in [2.75, 3.05) is 0 Å². The van der Waals surface area contributed by atoms with E-state index < -0.39 is 12.1 Å². The number of halogens is 4. The molecule has 0 bridgehead atoms. The van der Waals surface area contributed by atoms with Crippen LogP contribution in [0, 0.1) is 0 Å². The van der Waals surface area contributed by atoms with E-state index in [1.807, 2.05) is 54.6 Å². The Labute approximate surface area is 167 Å². The molecule has 0 radical (unpaired) electrons. The van der Waals surface area contributed by atoms with Crippen molar-refractivity contribution in [1.82, 2.24) is 0 Å². The Morgan fingerprint density at radius 1 is 0.821 bits per heavy atom. The van der Waals surface area contributed by atoms with E-state index >= 15 is 0 Å². The lowest BCUT2D eigenvalue weighted by Gasteiger charge is -2.21. The first-order valence-corrected chi connectivity index (χ1v) is 9.43. The maximum Gasteiger partial charge on any atom is 0.395 e. The number of ether oxygens (including phenoxy) is 1. The Morgan fingerprint density at radius 3 is 2.18 bits per heavy atom. The Bertz CT molecular complexity index is 876. The van der Waals surface area contributed by atoms with Crippen LogP contribution in [0.4, 0.5) is 13.2 Å². The minimum Gasteiger partial charge on any atom is -0.457 e. The van der Waals surface area contributed by atoms with Crippen LogP contribution in [0.3, 0.4) is 0 Å². The minimum atomic E-state index is -4.29. The van der Waals surface area contributed by atoms with Crippen LogP contribution in [0.2, 0.25) is 5.02 Å². The van der Waals surface area contributed by atoms with E-state index in [2.05, 4.69) is 0 Å². The van der Waals surface area contributed by atoms with Crippen LogP contribution >= 0.6 is 11.6 Å². The molecule has 0 saturated heterocycles. The van der Waals surface area contributed by atoms with Gasteiger partial charge in [-0.2, -0.15) is 13.2 Å². The fraction of sp³-hybridized carbons (Fsp3) is 0.217. The van der Waals surface area contributed by atoms with Gasteiger partial charge in [0.15, 0.2) is 0 Å². The molecule has 3 aromatic rings. The normalized spacial score (nSPS) is 12.6. The maximum atomic E-state index is 13.5. The highest BCUT2D eigenvalue weighted by Crippen LogP contribution is 2.39. The van der Waals surface area contributed by atoms with Crippen LogP contribution in [0.5, 0.6) is 11.5 Å². The molecule has 0 saturated carbocycles. The molecule has 0 amide bonds. The molecule has 0 spiro atoms. The van der Waals surface area contributed by atoms with Crippen molar-refractivity contribution in [3.8, 4) is 11.5 Å². The Kier molecular flexibility index (Phi) is 6.63. The lowest BCUT2D eigenvalue weighted by atomic mass is 9.92. The molecule has 3 aromatic carbocycles. The van der Waals surface area contributed by atoms with Crippen molar-refractivity contribution in [2.24, 2.45) is 0 Å². The second kappa shape index (κ2) is 9.16. The lowest BCUT2D eigenvalue weighted by molar-refractivity contribution is -0.152. The Morgan fingerprint density at radius 2 is 1.50 bits per heavy atom. The van der Waals surface area contributed by atoms with Gasteiger partial charge in [0, 0.05) is 5.02 Å². The molecular formula is C23H20ClF3O. The second-order valence-corrected chi connectivity index (χ2v) is 7.04. The first-order chi connectivity index (χ1) is 13.4. The summed E-state index contributed by atoms with van der Waals surface area (Å²) in [5, 5.41) is 0.430. The van der Waals surface area contributed by atoms with Gasteiger partial charge in [-0.15, -0.1) is 0 Å². The molecule has 0 aliphatic rings. The van der Waals surface area contributed by atoms with E-state index in [0.29, 0.717) is 23.6 Å². The van der Waals surface area contributed by atoms with E-state index in [4.69, 9.17) is 16.3 Å².